The Kier molecular flexibility index (Phi) is 3.75. The maximum atomic E-state index is 2.35. The van der Waals surface area contributed by atoms with Crippen molar-refractivity contribution < 1.29 is 0 Å². The Balaban J connectivity index is 1.54. The highest BCUT2D eigenvalue weighted by Crippen LogP contribution is 2.40. The summed E-state index contributed by atoms with van der Waals surface area (Å²) in [5.41, 5.74) is 2.46. The first kappa shape index (κ1) is 16.5. The van der Waals surface area contributed by atoms with Crippen LogP contribution in [0.1, 0.15) is 11.1 Å². The van der Waals surface area contributed by atoms with Gasteiger partial charge < -0.3 is 0 Å². The van der Waals surface area contributed by atoms with Gasteiger partial charge in [0.2, 0.25) is 0 Å². The van der Waals surface area contributed by atoms with Gasteiger partial charge in [-0.15, -0.1) is 11.3 Å². The van der Waals surface area contributed by atoms with E-state index in [1.807, 2.05) is 11.3 Å². The molecule has 29 heavy (non-hydrogen) atoms. The molecule has 0 aliphatic rings. The molecule has 1 heteroatoms. The fraction of sp³-hybridized carbons (Fsp3) is 0. The zero-order valence-electron chi connectivity index (χ0n) is 15.8. The van der Waals surface area contributed by atoms with Crippen molar-refractivity contribution in [2.75, 3.05) is 0 Å². The summed E-state index contributed by atoms with van der Waals surface area (Å²) in [5, 5.41) is 7.96. The van der Waals surface area contributed by atoms with E-state index >= 15 is 0 Å². The largest absolute Gasteiger partial charge is 0.135 e. The highest BCUT2D eigenvalue weighted by molar-refractivity contribution is 7.26. The lowest BCUT2D eigenvalue weighted by Crippen LogP contribution is -1.77. The molecular weight excluding hydrogens is 368 g/mol. The molecule has 0 saturated carbocycles. The second-order valence-electron chi connectivity index (χ2n) is 7.46. The SMILES string of the molecule is C(=Cc1ccc2sc3c4cc5ccccc5cc4ccc3c2c1)c1ccccc1. The summed E-state index contributed by atoms with van der Waals surface area (Å²) in [5.74, 6) is 0. The van der Waals surface area contributed by atoms with E-state index in [9.17, 15) is 0 Å². The first-order chi connectivity index (χ1) is 14.3. The summed E-state index contributed by atoms with van der Waals surface area (Å²) in [7, 11) is 0. The van der Waals surface area contributed by atoms with E-state index in [0.717, 1.165) is 0 Å². The summed E-state index contributed by atoms with van der Waals surface area (Å²) in [4.78, 5) is 0. The van der Waals surface area contributed by atoms with Crippen molar-refractivity contribution in [3.8, 4) is 0 Å². The Morgan fingerprint density at radius 2 is 1.24 bits per heavy atom. The van der Waals surface area contributed by atoms with Crippen LogP contribution in [0.25, 0.3) is 53.9 Å². The van der Waals surface area contributed by atoms with Crippen LogP contribution in [-0.2, 0) is 0 Å². The van der Waals surface area contributed by atoms with Crippen LogP contribution in [-0.4, -0.2) is 0 Å². The average Bonchev–Trinajstić information content (AvgIpc) is 3.15. The van der Waals surface area contributed by atoms with Crippen molar-refractivity contribution in [3.63, 3.8) is 0 Å². The van der Waals surface area contributed by atoms with Crippen molar-refractivity contribution in [1.82, 2.24) is 0 Å². The second kappa shape index (κ2) is 6.58. The number of fused-ring (bicyclic) bond motifs is 6. The molecule has 0 atom stereocenters. The Morgan fingerprint density at radius 1 is 0.483 bits per heavy atom. The molecule has 1 heterocycles. The molecule has 0 aliphatic heterocycles. The van der Waals surface area contributed by atoms with Crippen LogP contribution in [0.4, 0.5) is 0 Å². The second-order valence-corrected chi connectivity index (χ2v) is 8.52. The molecule has 0 fully saturated rings. The maximum Gasteiger partial charge on any atom is 0.0434 e. The van der Waals surface area contributed by atoms with Crippen molar-refractivity contribution in [3.05, 3.63) is 108 Å². The molecule has 0 aliphatic carbocycles. The van der Waals surface area contributed by atoms with E-state index in [1.165, 1.54) is 52.8 Å². The summed E-state index contributed by atoms with van der Waals surface area (Å²) in [6.45, 7) is 0. The number of rotatable bonds is 2. The summed E-state index contributed by atoms with van der Waals surface area (Å²) < 4.78 is 2.73. The minimum atomic E-state index is 1.22. The Labute approximate surface area is 173 Å². The summed E-state index contributed by atoms with van der Waals surface area (Å²) in [6.07, 6.45) is 4.38. The third kappa shape index (κ3) is 2.83. The highest BCUT2D eigenvalue weighted by Gasteiger charge is 2.09. The van der Waals surface area contributed by atoms with Gasteiger partial charge in [0.1, 0.15) is 0 Å². The minimum absolute atomic E-state index is 1.22. The number of hydrogen-bond donors (Lipinski definition) is 0. The van der Waals surface area contributed by atoms with Gasteiger partial charge in [0.15, 0.2) is 0 Å². The molecular formula is C28H18S. The molecule has 136 valence electrons. The third-order valence-corrected chi connectivity index (χ3v) is 6.83. The lowest BCUT2D eigenvalue weighted by Gasteiger charge is -2.03. The quantitative estimate of drug-likeness (QED) is 0.207. The van der Waals surface area contributed by atoms with E-state index in [0.29, 0.717) is 0 Å². The Morgan fingerprint density at radius 3 is 2.10 bits per heavy atom. The van der Waals surface area contributed by atoms with Gasteiger partial charge in [-0.25, -0.2) is 0 Å². The molecule has 0 unspecified atom stereocenters. The average molecular weight is 387 g/mol. The van der Waals surface area contributed by atoms with Gasteiger partial charge in [-0.05, 0) is 51.6 Å². The van der Waals surface area contributed by atoms with Gasteiger partial charge in [0.25, 0.3) is 0 Å². The van der Waals surface area contributed by atoms with Crippen molar-refractivity contribution in [2.24, 2.45) is 0 Å². The van der Waals surface area contributed by atoms with Gasteiger partial charge in [-0.3, -0.25) is 0 Å². The molecule has 0 amide bonds. The normalized spacial score (nSPS) is 12.0. The molecule has 0 spiro atoms. The predicted octanol–water partition coefficient (Wildman–Crippen LogP) is 8.53. The summed E-state index contributed by atoms with van der Waals surface area (Å²) in [6, 6.07) is 35.1. The van der Waals surface area contributed by atoms with E-state index in [-0.39, 0.29) is 0 Å². The molecule has 0 radical (unpaired) electrons. The lowest BCUT2D eigenvalue weighted by molar-refractivity contribution is 1.66. The first-order valence-corrected chi connectivity index (χ1v) is 10.7. The highest BCUT2D eigenvalue weighted by atomic mass is 32.1. The van der Waals surface area contributed by atoms with E-state index in [4.69, 9.17) is 0 Å². The monoisotopic (exact) mass is 386 g/mol. The van der Waals surface area contributed by atoms with Crippen LogP contribution in [0.2, 0.25) is 0 Å². The molecule has 6 rings (SSSR count). The maximum absolute atomic E-state index is 2.35. The predicted molar refractivity (Wildman–Crippen MR) is 130 cm³/mol. The smallest absolute Gasteiger partial charge is 0.0434 e. The third-order valence-electron chi connectivity index (χ3n) is 5.61. The van der Waals surface area contributed by atoms with Crippen molar-refractivity contribution in [1.29, 1.82) is 0 Å². The van der Waals surface area contributed by atoms with Gasteiger partial charge in [-0.2, -0.15) is 0 Å². The van der Waals surface area contributed by atoms with E-state index in [2.05, 4.69) is 109 Å². The molecule has 0 saturated heterocycles. The van der Waals surface area contributed by atoms with Crippen LogP contribution in [0, 0.1) is 0 Å². The van der Waals surface area contributed by atoms with Crippen molar-refractivity contribution in [2.45, 2.75) is 0 Å². The van der Waals surface area contributed by atoms with Gasteiger partial charge in [0, 0.05) is 25.6 Å². The molecule has 0 nitrogen and oxygen atoms in total. The fourth-order valence-electron chi connectivity index (χ4n) is 4.13. The lowest BCUT2D eigenvalue weighted by atomic mass is 10.0. The number of benzene rings is 5. The van der Waals surface area contributed by atoms with Crippen LogP contribution in [0.5, 0.6) is 0 Å². The molecule has 6 aromatic rings. The topological polar surface area (TPSA) is 0 Å². The standard InChI is InChI=1S/C28H18S/c1-2-6-19(7-3-1)10-11-20-12-15-27-26(16-20)24-14-13-23-17-21-8-4-5-9-22(21)18-25(23)28(24)29-27/h1-18H. The van der Waals surface area contributed by atoms with Crippen molar-refractivity contribution >= 4 is 65.2 Å². The minimum Gasteiger partial charge on any atom is -0.135 e. The number of hydrogen-bond acceptors (Lipinski definition) is 1. The fourth-order valence-corrected chi connectivity index (χ4v) is 5.34. The van der Waals surface area contributed by atoms with E-state index in [1.54, 1.807) is 0 Å². The zero-order valence-corrected chi connectivity index (χ0v) is 16.6. The Hall–Kier alpha value is -3.42. The van der Waals surface area contributed by atoms with E-state index < -0.39 is 0 Å². The van der Waals surface area contributed by atoms with Gasteiger partial charge >= 0.3 is 0 Å². The van der Waals surface area contributed by atoms with Crippen LogP contribution in [0.3, 0.4) is 0 Å². The van der Waals surface area contributed by atoms with Gasteiger partial charge in [-0.1, -0.05) is 84.9 Å². The molecule has 0 bridgehead atoms. The zero-order chi connectivity index (χ0) is 19.2. The van der Waals surface area contributed by atoms with Gasteiger partial charge in [0.05, 0.1) is 0 Å². The Bertz CT molecular complexity index is 1530. The number of thiophene rings is 1. The molecule has 1 aromatic heterocycles. The summed E-state index contributed by atoms with van der Waals surface area (Å²) >= 11 is 1.90. The van der Waals surface area contributed by atoms with Crippen LogP contribution in [0.15, 0.2) is 97.1 Å². The molecule has 5 aromatic carbocycles. The van der Waals surface area contributed by atoms with Crippen LogP contribution >= 0.6 is 11.3 Å². The first-order valence-electron chi connectivity index (χ1n) is 9.86. The molecule has 0 N–H and O–H groups in total. The van der Waals surface area contributed by atoms with Crippen LogP contribution < -0.4 is 0 Å².